The van der Waals surface area contributed by atoms with Crippen molar-refractivity contribution in [1.29, 1.82) is 0 Å². The molecule has 2 nitrogen and oxygen atoms in total. The van der Waals surface area contributed by atoms with E-state index in [4.69, 9.17) is 11.6 Å². The molecule has 1 N–H and O–H groups in total. The first-order chi connectivity index (χ1) is 6.13. The number of hydrogen-bond acceptors (Lipinski definition) is 1. The molecule has 0 rings (SSSR count). The van der Waals surface area contributed by atoms with Gasteiger partial charge in [-0.15, -0.1) is 11.6 Å². The van der Waals surface area contributed by atoms with Gasteiger partial charge in [0.1, 0.15) is 0 Å². The summed E-state index contributed by atoms with van der Waals surface area (Å²) >= 11 is 5.67. The van der Waals surface area contributed by atoms with Crippen LogP contribution in [0.15, 0.2) is 0 Å². The molecular formula is C10H20ClNO. The number of rotatable bonds is 6. The van der Waals surface area contributed by atoms with Gasteiger partial charge in [0.25, 0.3) is 0 Å². The van der Waals surface area contributed by atoms with E-state index in [1.807, 2.05) is 6.92 Å². The van der Waals surface area contributed by atoms with Crippen LogP contribution in [0.1, 0.15) is 40.0 Å². The van der Waals surface area contributed by atoms with Gasteiger partial charge in [-0.25, -0.2) is 0 Å². The van der Waals surface area contributed by atoms with Gasteiger partial charge in [-0.3, -0.25) is 4.79 Å². The molecule has 0 heterocycles. The minimum Gasteiger partial charge on any atom is -0.352 e. The Balaban J connectivity index is 3.72. The van der Waals surface area contributed by atoms with Gasteiger partial charge in [-0.1, -0.05) is 27.2 Å². The second kappa shape index (κ2) is 7.19. The summed E-state index contributed by atoms with van der Waals surface area (Å²) in [6.45, 7) is 6.20. The molecule has 2 atom stereocenters. The predicted octanol–water partition coefficient (Wildman–Crippen LogP) is 2.56. The first-order valence-corrected chi connectivity index (χ1v) is 5.52. The van der Waals surface area contributed by atoms with E-state index in [2.05, 4.69) is 19.2 Å². The number of nitrogens with one attached hydrogen (secondary N) is 1. The van der Waals surface area contributed by atoms with Crippen LogP contribution in [0.4, 0.5) is 0 Å². The van der Waals surface area contributed by atoms with Crippen molar-refractivity contribution in [2.24, 2.45) is 5.92 Å². The molecule has 0 aromatic rings. The van der Waals surface area contributed by atoms with Gasteiger partial charge in [0.2, 0.25) is 5.91 Å². The van der Waals surface area contributed by atoms with Crippen LogP contribution in [0, 0.1) is 5.92 Å². The average Bonchev–Trinajstić information content (AvgIpc) is 2.13. The van der Waals surface area contributed by atoms with Crippen molar-refractivity contribution in [3.8, 4) is 0 Å². The molecule has 0 fully saturated rings. The zero-order valence-electron chi connectivity index (χ0n) is 8.77. The minimum atomic E-state index is 0.127. The number of halogens is 1. The lowest BCUT2D eigenvalue weighted by atomic mass is 10.0. The lowest BCUT2D eigenvalue weighted by molar-refractivity contribution is -0.122. The number of alkyl halides is 1. The number of hydrogen-bond donors (Lipinski definition) is 1. The van der Waals surface area contributed by atoms with Crippen molar-refractivity contribution in [2.45, 2.75) is 46.1 Å². The molecule has 2 unspecified atom stereocenters. The van der Waals surface area contributed by atoms with Crippen molar-refractivity contribution >= 4 is 17.5 Å². The quantitative estimate of drug-likeness (QED) is 0.664. The van der Waals surface area contributed by atoms with Crippen LogP contribution in [0.3, 0.4) is 0 Å². The van der Waals surface area contributed by atoms with Crippen molar-refractivity contribution in [2.75, 3.05) is 5.88 Å². The third-order valence-electron chi connectivity index (χ3n) is 2.27. The molecule has 0 saturated heterocycles. The largest absolute Gasteiger partial charge is 0.352 e. The third-order valence-corrected chi connectivity index (χ3v) is 2.65. The van der Waals surface area contributed by atoms with E-state index in [9.17, 15) is 4.79 Å². The molecule has 0 aliphatic heterocycles. The minimum absolute atomic E-state index is 0.127. The van der Waals surface area contributed by atoms with Gasteiger partial charge in [-0.2, -0.15) is 0 Å². The monoisotopic (exact) mass is 205 g/mol. The second-order valence-electron chi connectivity index (χ2n) is 3.54. The maximum atomic E-state index is 11.4. The van der Waals surface area contributed by atoms with Crippen LogP contribution in [0.5, 0.6) is 0 Å². The molecule has 0 aromatic heterocycles. The van der Waals surface area contributed by atoms with Crippen LogP contribution in [-0.4, -0.2) is 17.8 Å². The Kier molecular flexibility index (Phi) is 7.06. The lowest BCUT2D eigenvalue weighted by Gasteiger charge is -2.15. The highest BCUT2D eigenvalue weighted by Gasteiger charge is 2.11. The van der Waals surface area contributed by atoms with Crippen molar-refractivity contribution < 1.29 is 4.79 Å². The molecule has 3 heteroatoms. The summed E-state index contributed by atoms with van der Waals surface area (Å²) in [5, 5.41) is 2.91. The first-order valence-electron chi connectivity index (χ1n) is 4.99. The summed E-state index contributed by atoms with van der Waals surface area (Å²) in [5.74, 6) is 1.10. The van der Waals surface area contributed by atoms with E-state index in [1.165, 1.54) is 0 Å². The Morgan fingerprint density at radius 2 is 2.00 bits per heavy atom. The SMILES string of the molecule is CCC(C)CC(=O)NC(CC)CCl. The highest BCUT2D eigenvalue weighted by molar-refractivity contribution is 6.18. The van der Waals surface area contributed by atoms with Gasteiger partial charge in [-0.05, 0) is 12.3 Å². The lowest BCUT2D eigenvalue weighted by Crippen LogP contribution is -2.36. The van der Waals surface area contributed by atoms with Crippen molar-refractivity contribution in [3.05, 3.63) is 0 Å². The number of carbonyl (C=O) groups excluding carboxylic acids is 1. The van der Waals surface area contributed by atoms with Gasteiger partial charge in [0.15, 0.2) is 0 Å². The molecule has 0 aliphatic rings. The molecular weight excluding hydrogens is 186 g/mol. The summed E-state index contributed by atoms with van der Waals surface area (Å²) in [6.07, 6.45) is 2.56. The number of amides is 1. The van der Waals surface area contributed by atoms with E-state index < -0.39 is 0 Å². The summed E-state index contributed by atoms with van der Waals surface area (Å²) in [4.78, 5) is 11.4. The van der Waals surface area contributed by atoms with Crippen LogP contribution in [0.2, 0.25) is 0 Å². The third kappa shape index (κ3) is 5.92. The van der Waals surface area contributed by atoms with Crippen LogP contribution in [-0.2, 0) is 4.79 Å². The maximum absolute atomic E-state index is 11.4. The Morgan fingerprint density at radius 1 is 1.38 bits per heavy atom. The van der Waals surface area contributed by atoms with E-state index in [1.54, 1.807) is 0 Å². The van der Waals surface area contributed by atoms with Crippen molar-refractivity contribution in [3.63, 3.8) is 0 Å². The summed E-state index contributed by atoms with van der Waals surface area (Å²) in [7, 11) is 0. The van der Waals surface area contributed by atoms with Crippen LogP contribution >= 0.6 is 11.6 Å². The maximum Gasteiger partial charge on any atom is 0.220 e. The average molecular weight is 206 g/mol. The highest BCUT2D eigenvalue weighted by atomic mass is 35.5. The molecule has 0 spiro atoms. The fraction of sp³-hybridized carbons (Fsp3) is 0.900. The molecule has 1 amide bonds. The summed E-state index contributed by atoms with van der Waals surface area (Å²) in [5.41, 5.74) is 0. The van der Waals surface area contributed by atoms with Gasteiger partial charge in [0, 0.05) is 18.3 Å². The molecule has 0 radical (unpaired) electrons. The summed E-state index contributed by atoms with van der Waals surface area (Å²) in [6, 6.07) is 0.137. The van der Waals surface area contributed by atoms with E-state index in [-0.39, 0.29) is 11.9 Å². The Bertz CT molecular complexity index is 146. The molecule has 0 bridgehead atoms. The van der Waals surface area contributed by atoms with E-state index in [0.717, 1.165) is 12.8 Å². The van der Waals surface area contributed by atoms with E-state index >= 15 is 0 Å². The van der Waals surface area contributed by atoms with Gasteiger partial charge < -0.3 is 5.32 Å². The zero-order chi connectivity index (χ0) is 10.3. The molecule has 0 saturated carbocycles. The molecule has 0 aromatic carbocycles. The van der Waals surface area contributed by atoms with Gasteiger partial charge in [0.05, 0.1) is 0 Å². The van der Waals surface area contributed by atoms with Gasteiger partial charge >= 0.3 is 0 Å². The molecule has 0 aliphatic carbocycles. The van der Waals surface area contributed by atoms with Crippen LogP contribution < -0.4 is 5.32 Å². The predicted molar refractivity (Wildman–Crippen MR) is 57.0 cm³/mol. The second-order valence-corrected chi connectivity index (χ2v) is 3.85. The zero-order valence-corrected chi connectivity index (χ0v) is 9.53. The smallest absolute Gasteiger partial charge is 0.220 e. The van der Waals surface area contributed by atoms with E-state index in [0.29, 0.717) is 18.2 Å². The fourth-order valence-corrected chi connectivity index (χ4v) is 1.29. The van der Waals surface area contributed by atoms with Crippen molar-refractivity contribution in [1.82, 2.24) is 5.32 Å². The Hall–Kier alpha value is -0.240. The number of carbonyl (C=O) groups is 1. The highest BCUT2D eigenvalue weighted by Crippen LogP contribution is 2.06. The Morgan fingerprint density at radius 3 is 2.38 bits per heavy atom. The normalized spacial score (nSPS) is 15.1. The van der Waals surface area contributed by atoms with Crippen LogP contribution in [0.25, 0.3) is 0 Å². The topological polar surface area (TPSA) is 29.1 Å². The first kappa shape index (κ1) is 12.8. The molecule has 78 valence electrons. The summed E-state index contributed by atoms with van der Waals surface area (Å²) < 4.78 is 0. The fourth-order valence-electron chi connectivity index (χ4n) is 0.997. The standard InChI is InChI=1S/C10H20ClNO/c1-4-8(3)6-10(13)12-9(5-2)7-11/h8-9H,4-7H2,1-3H3,(H,12,13). The molecule has 13 heavy (non-hydrogen) atoms. The Labute approximate surface area is 86.0 Å².